The van der Waals surface area contributed by atoms with Crippen molar-refractivity contribution in [2.45, 2.75) is 13.5 Å². The summed E-state index contributed by atoms with van der Waals surface area (Å²) < 4.78 is 0. The van der Waals surface area contributed by atoms with Gasteiger partial charge in [0.1, 0.15) is 0 Å². The van der Waals surface area contributed by atoms with Gasteiger partial charge in [-0.25, -0.2) is 0 Å². The standard InChI is InChI=1S/C13H15N5O/c1-9-6-16-10(7-15-9)8-17-13(19)11-4-2-3-5-12(11)18-14/h2-7,18H,8,14H2,1H3,(H,17,19). The molecular weight excluding hydrogens is 242 g/mol. The van der Waals surface area contributed by atoms with Gasteiger partial charge < -0.3 is 10.7 Å². The number of hydrogen-bond donors (Lipinski definition) is 3. The van der Waals surface area contributed by atoms with E-state index in [0.29, 0.717) is 23.5 Å². The van der Waals surface area contributed by atoms with E-state index in [0.717, 1.165) is 5.69 Å². The number of carbonyl (C=O) groups excluding carboxylic acids is 1. The lowest BCUT2D eigenvalue weighted by molar-refractivity contribution is 0.0951. The van der Waals surface area contributed by atoms with Gasteiger partial charge in [-0.15, -0.1) is 0 Å². The molecule has 0 atom stereocenters. The van der Waals surface area contributed by atoms with E-state index in [2.05, 4.69) is 20.7 Å². The number of nitrogens with zero attached hydrogens (tertiary/aromatic N) is 2. The second kappa shape index (κ2) is 5.92. The summed E-state index contributed by atoms with van der Waals surface area (Å²) in [5.41, 5.74) is 5.11. The van der Waals surface area contributed by atoms with Crippen molar-refractivity contribution < 1.29 is 4.79 Å². The molecule has 19 heavy (non-hydrogen) atoms. The Kier molecular flexibility index (Phi) is 4.04. The first-order valence-electron chi connectivity index (χ1n) is 5.82. The lowest BCUT2D eigenvalue weighted by atomic mass is 10.1. The van der Waals surface area contributed by atoms with Gasteiger partial charge in [0.05, 0.1) is 35.4 Å². The first kappa shape index (κ1) is 13.0. The molecule has 0 spiro atoms. The lowest BCUT2D eigenvalue weighted by Gasteiger charge is -2.09. The van der Waals surface area contributed by atoms with Crippen LogP contribution in [0.2, 0.25) is 0 Å². The van der Waals surface area contributed by atoms with E-state index in [1.807, 2.05) is 6.92 Å². The molecule has 0 aliphatic heterocycles. The normalized spacial score (nSPS) is 10.0. The maximum Gasteiger partial charge on any atom is 0.253 e. The van der Waals surface area contributed by atoms with Gasteiger partial charge in [-0.05, 0) is 19.1 Å². The van der Waals surface area contributed by atoms with Crippen LogP contribution in [0.25, 0.3) is 0 Å². The first-order valence-corrected chi connectivity index (χ1v) is 5.82. The molecule has 0 fully saturated rings. The second-order valence-electron chi connectivity index (χ2n) is 4.02. The van der Waals surface area contributed by atoms with Gasteiger partial charge in [0, 0.05) is 6.20 Å². The lowest BCUT2D eigenvalue weighted by Crippen LogP contribution is -2.25. The highest BCUT2D eigenvalue weighted by atomic mass is 16.1. The number of nitrogens with one attached hydrogen (secondary N) is 2. The maximum atomic E-state index is 12.0. The summed E-state index contributed by atoms with van der Waals surface area (Å²) in [6, 6.07) is 7.02. The van der Waals surface area contributed by atoms with E-state index in [1.54, 1.807) is 36.7 Å². The van der Waals surface area contributed by atoms with Crippen molar-refractivity contribution in [3.05, 3.63) is 53.6 Å². The fourth-order valence-electron chi connectivity index (χ4n) is 1.58. The van der Waals surface area contributed by atoms with Crippen LogP contribution in [-0.4, -0.2) is 15.9 Å². The third-order valence-electron chi connectivity index (χ3n) is 2.59. The summed E-state index contributed by atoms with van der Waals surface area (Å²) in [7, 11) is 0. The van der Waals surface area contributed by atoms with Gasteiger partial charge in [0.25, 0.3) is 5.91 Å². The number of rotatable bonds is 4. The maximum absolute atomic E-state index is 12.0. The molecule has 1 aromatic heterocycles. The number of benzene rings is 1. The number of para-hydroxylation sites is 1. The predicted octanol–water partition coefficient (Wildman–Crippen LogP) is 1.00. The fraction of sp³-hybridized carbons (Fsp3) is 0.154. The minimum absolute atomic E-state index is 0.212. The highest BCUT2D eigenvalue weighted by molar-refractivity contribution is 5.99. The van der Waals surface area contributed by atoms with Crippen LogP contribution < -0.4 is 16.6 Å². The molecule has 0 saturated heterocycles. The van der Waals surface area contributed by atoms with Crippen LogP contribution in [0.3, 0.4) is 0 Å². The zero-order valence-corrected chi connectivity index (χ0v) is 10.6. The SMILES string of the molecule is Cc1cnc(CNC(=O)c2ccccc2NN)cn1. The van der Waals surface area contributed by atoms with E-state index in [9.17, 15) is 4.79 Å². The summed E-state index contributed by atoms with van der Waals surface area (Å²) in [5.74, 6) is 5.15. The van der Waals surface area contributed by atoms with Crippen molar-refractivity contribution in [2.24, 2.45) is 5.84 Å². The van der Waals surface area contributed by atoms with Gasteiger partial charge in [-0.1, -0.05) is 12.1 Å². The Labute approximate surface area is 111 Å². The summed E-state index contributed by atoms with van der Waals surface area (Å²) in [4.78, 5) is 20.3. The minimum Gasteiger partial charge on any atom is -0.346 e. The van der Waals surface area contributed by atoms with E-state index in [1.165, 1.54) is 0 Å². The molecule has 0 radical (unpaired) electrons. The number of hydrogen-bond acceptors (Lipinski definition) is 5. The molecule has 0 bridgehead atoms. The number of nitrogen functional groups attached to an aromatic ring is 1. The Morgan fingerprint density at radius 3 is 2.74 bits per heavy atom. The molecule has 6 heteroatoms. The molecule has 98 valence electrons. The highest BCUT2D eigenvalue weighted by Gasteiger charge is 2.09. The largest absolute Gasteiger partial charge is 0.346 e. The van der Waals surface area contributed by atoms with Crippen molar-refractivity contribution in [3.63, 3.8) is 0 Å². The smallest absolute Gasteiger partial charge is 0.253 e. The number of amides is 1. The van der Waals surface area contributed by atoms with Gasteiger partial charge >= 0.3 is 0 Å². The summed E-state index contributed by atoms with van der Waals surface area (Å²) >= 11 is 0. The number of nitrogens with two attached hydrogens (primary N) is 1. The monoisotopic (exact) mass is 257 g/mol. The predicted molar refractivity (Wildman–Crippen MR) is 72.2 cm³/mol. The molecule has 0 aliphatic rings. The van der Waals surface area contributed by atoms with Gasteiger partial charge in [0.2, 0.25) is 0 Å². The Morgan fingerprint density at radius 2 is 2.05 bits per heavy atom. The van der Waals surface area contributed by atoms with Crippen molar-refractivity contribution in [1.82, 2.24) is 15.3 Å². The molecule has 4 N–H and O–H groups in total. The van der Waals surface area contributed by atoms with Crippen molar-refractivity contribution in [2.75, 3.05) is 5.43 Å². The molecular formula is C13H15N5O. The molecule has 1 aromatic carbocycles. The Bertz CT molecular complexity index is 568. The second-order valence-corrected chi connectivity index (χ2v) is 4.02. The third-order valence-corrected chi connectivity index (χ3v) is 2.59. The van der Waals surface area contributed by atoms with Crippen LogP contribution in [0.4, 0.5) is 5.69 Å². The number of carbonyl (C=O) groups is 1. The van der Waals surface area contributed by atoms with Crippen LogP contribution in [0.1, 0.15) is 21.7 Å². The van der Waals surface area contributed by atoms with Crippen LogP contribution in [-0.2, 0) is 6.54 Å². The quantitative estimate of drug-likeness (QED) is 0.561. The van der Waals surface area contributed by atoms with Crippen LogP contribution in [0.5, 0.6) is 0 Å². The van der Waals surface area contributed by atoms with Gasteiger partial charge in [-0.2, -0.15) is 0 Å². The topological polar surface area (TPSA) is 92.9 Å². The number of aromatic nitrogens is 2. The van der Waals surface area contributed by atoms with Crippen molar-refractivity contribution >= 4 is 11.6 Å². The molecule has 1 heterocycles. The summed E-state index contributed by atoms with van der Waals surface area (Å²) in [6.07, 6.45) is 3.31. The average Bonchev–Trinajstić information content (AvgIpc) is 2.46. The Morgan fingerprint density at radius 1 is 1.26 bits per heavy atom. The van der Waals surface area contributed by atoms with Crippen LogP contribution in [0.15, 0.2) is 36.7 Å². The van der Waals surface area contributed by atoms with E-state index >= 15 is 0 Å². The molecule has 6 nitrogen and oxygen atoms in total. The van der Waals surface area contributed by atoms with E-state index in [4.69, 9.17) is 5.84 Å². The average molecular weight is 257 g/mol. The summed E-state index contributed by atoms with van der Waals surface area (Å²) in [6.45, 7) is 2.18. The zero-order chi connectivity index (χ0) is 13.7. The molecule has 0 unspecified atom stereocenters. The third kappa shape index (κ3) is 3.26. The molecule has 0 aliphatic carbocycles. The number of anilines is 1. The molecule has 2 rings (SSSR count). The first-order chi connectivity index (χ1) is 9.20. The van der Waals surface area contributed by atoms with Crippen LogP contribution >= 0.6 is 0 Å². The van der Waals surface area contributed by atoms with Crippen molar-refractivity contribution in [3.8, 4) is 0 Å². The molecule has 2 aromatic rings. The van der Waals surface area contributed by atoms with Gasteiger partial charge in [-0.3, -0.25) is 20.6 Å². The summed E-state index contributed by atoms with van der Waals surface area (Å²) in [5, 5.41) is 2.77. The highest BCUT2D eigenvalue weighted by Crippen LogP contribution is 2.13. The fourth-order valence-corrected chi connectivity index (χ4v) is 1.58. The minimum atomic E-state index is -0.212. The number of aryl methyl sites for hydroxylation is 1. The van der Waals surface area contributed by atoms with Crippen LogP contribution in [0, 0.1) is 6.92 Å². The van der Waals surface area contributed by atoms with Crippen molar-refractivity contribution in [1.29, 1.82) is 0 Å². The number of hydrazine groups is 1. The molecule has 0 saturated carbocycles. The van der Waals surface area contributed by atoms with Gasteiger partial charge in [0.15, 0.2) is 0 Å². The molecule has 1 amide bonds. The van der Waals surface area contributed by atoms with E-state index in [-0.39, 0.29) is 5.91 Å². The van der Waals surface area contributed by atoms with E-state index < -0.39 is 0 Å². The Hall–Kier alpha value is -2.47. The Balaban J connectivity index is 2.03. The zero-order valence-electron chi connectivity index (χ0n) is 10.6.